The van der Waals surface area contributed by atoms with Gasteiger partial charge in [-0.05, 0) is 61.4 Å². The molecule has 0 unspecified atom stereocenters. The minimum absolute atomic E-state index is 0.209. The summed E-state index contributed by atoms with van der Waals surface area (Å²) in [6, 6.07) is 14.4. The maximum Gasteiger partial charge on any atom is 0.416 e. The Morgan fingerprint density at radius 1 is 0.944 bits per heavy atom. The van der Waals surface area contributed by atoms with Crippen LogP contribution < -0.4 is 10.6 Å². The number of azo groups is 1. The van der Waals surface area contributed by atoms with Gasteiger partial charge in [-0.1, -0.05) is 19.9 Å². The van der Waals surface area contributed by atoms with E-state index in [1.165, 1.54) is 12.3 Å². The van der Waals surface area contributed by atoms with E-state index in [-0.39, 0.29) is 12.5 Å². The molecule has 0 atom stereocenters. The van der Waals surface area contributed by atoms with Gasteiger partial charge in [-0.2, -0.15) is 18.3 Å². The molecule has 0 bridgehead atoms. The Hall–Kier alpha value is -4.08. The van der Waals surface area contributed by atoms with Gasteiger partial charge in [0.1, 0.15) is 6.54 Å². The second kappa shape index (κ2) is 10.7. The molecule has 10 heteroatoms. The standard InChI is InChI=1S/C26H26F3N7/c1-16(2)13-30-19-9-10-23-17(3)33-25(35-24(23)12-19)36-32-15-21-7-8-22(14-31-21)34-20-6-4-5-18(11-20)26(27,28)29/h4-12,14,16,30,34H,13,15H2,1-3H3. The Balaban J connectivity index is 1.41. The van der Waals surface area contributed by atoms with Gasteiger partial charge in [0.25, 0.3) is 5.95 Å². The molecule has 0 saturated heterocycles. The van der Waals surface area contributed by atoms with Gasteiger partial charge in [0.15, 0.2) is 0 Å². The quantitative estimate of drug-likeness (QED) is 0.249. The molecule has 0 saturated carbocycles. The van der Waals surface area contributed by atoms with Gasteiger partial charge < -0.3 is 10.6 Å². The summed E-state index contributed by atoms with van der Waals surface area (Å²) in [7, 11) is 0. The van der Waals surface area contributed by atoms with Crippen LogP contribution in [0.15, 0.2) is 71.0 Å². The van der Waals surface area contributed by atoms with Crippen LogP contribution >= 0.6 is 0 Å². The number of nitrogens with one attached hydrogen (secondary N) is 2. The second-order valence-electron chi connectivity index (χ2n) is 8.76. The lowest BCUT2D eigenvalue weighted by molar-refractivity contribution is -0.137. The van der Waals surface area contributed by atoms with E-state index in [1.807, 2.05) is 25.1 Å². The molecule has 2 heterocycles. The van der Waals surface area contributed by atoms with E-state index in [0.29, 0.717) is 23.0 Å². The van der Waals surface area contributed by atoms with Crippen molar-refractivity contribution in [2.24, 2.45) is 16.1 Å². The first-order valence-corrected chi connectivity index (χ1v) is 11.5. The van der Waals surface area contributed by atoms with Crippen LogP contribution in [0, 0.1) is 12.8 Å². The van der Waals surface area contributed by atoms with Crippen LogP contribution in [0.1, 0.15) is 30.8 Å². The summed E-state index contributed by atoms with van der Waals surface area (Å²) in [5, 5.41) is 15.6. The van der Waals surface area contributed by atoms with Gasteiger partial charge in [-0.3, -0.25) is 4.98 Å². The summed E-state index contributed by atoms with van der Waals surface area (Å²) < 4.78 is 38.7. The van der Waals surface area contributed by atoms with Crippen molar-refractivity contribution < 1.29 is 13.2 Å². The van der Waals surface area contributed by atoms with Crippen LogP contribution in [0.4, 0.5) is 36.2 Å². The second-order valence-corrected chi connectivity index (χ2v) is 8.76. The first-order valence-electron chi connectivity index (χ1n) is 11.5. The largest absolute Gasteiger partial charge is 0.416 e. The SMILES string of the molecule is Cc1nc(N=NCc2ccc(Nc3cccc(C(F)(F)F)c3)cn2)nc2cc(NCC(C)C)ccc12. The molecule has 0 amide bonds. The number of alkyl halides is 3. The van der Waals surface area contributed by atoms with Gasteiger partial charge in [-0.25, -0.2) is 9.97 Å². The number of pyridine rings is 1. The molecule has 4 aromatic rings. The van der Waals surface area contributed by atoms with E-state index in [4.69, 9.17) is 0 Å². The molecular weight excluding hydrogens is 467 g/mol. The molecule has 0 aliphatic carbocycles. The number of benzene rings is 2. The Morgan fingerprint density at radius 2 is 1.75 bits per heavy atom. The predicted octanol–water partition coefficient (Wildman–Crippen LogP) is 7.45. The summed E-state index contributed by atoms with van der Waals surface area (Å²) in [5.41, 5.74) is 3.40. The zero-order valence-corrected chi connectivity index (χ0v) is 20.1. The van der Waals surface area contributed by atoms with Crippen molar-refractivity contribution in [3.05, 3.63) is 77.7 Å². The van der Waals surface area contributed by atoms with E-state index in [1.54, 1.807) is 18.2 Å². The van der Waals surface area contributed by atoms with Gasteiger partial charge in [0, 0.05) is 23.3 Å². The maximum atomic E-state index is 12.9. The number of rotatable bonds is 8. The molecule has 186 valence electrons. The van der Waals surface area contributed by atoms with Crippen LogP contribution in [0.5, 0.6) is 0 Å². The Kier molecular flexibility index (Phi) is 7.42. The third-order valence-electron chi connectivity index (χ3n) is 5.29. The van der Waals surface area contributed by atoms with E-state index < -0.39 is 11.7 Å². The molecule has 0 aliphatic heterocycles. The Bertz CT molecular complexity index is 1370. The molecule has 0 radical (unpaired) electrons. The molecular formula is C26H26F3N7. The fourth-order valence-electron chi connectivity index (χ4n) is 3.45. The van der Waals surface area contributed by atoms with Gasteiger partial charge in [0.2, 0.25) is 0 Å². The zero-order chi connectivity index (χ0) is 25.7. The number of halogens is 3. The first-order chi connectivity index (χ1) is 17.2. The van der Waals surface area contributed by atoms with Gasteiger partial charge in [0.05, 0.1) is 34.4 Å². The number of anilines is 3. The van der Waals surface area contributed by atoms with Crippen molar-refractivity contribution in [2.75, 3.05) is 17.2 Å². The van der Waals surface area contributed by atoms with Crippen molar-refractivity contribution in [2.45, 2.75) is 33.5 Å². The highest BCUT2D eigenvalue weighted by Crippen LogP contribution is 2.31. The summed E-state index contributed by atoms with van der Waals surface area (Å²) in [6.45, 7) is 7.27. The van der Waals surface area contributed by atoms with Crippen LogP contribution in [-0.4, -0.2) is 21.5 Å². The van der Waals surface area contributed by atoms with Crippen molar-refractivity contribution >= 4 is 33.9 Å². The van der Waals surface area contributed by atoms with Crippen LogP contribution in [0.2, 0.25) is 0 Å². The van der Waals surface area contributed by atoms with Gasteiger partial charge >= 0.3 is 6.18 Å². The number of hydrogen-bond acceptors (Lipinski definition) is 7. The number of fused-ring (bicyclic) bond motifs is 1. The molecule has 36 heavy (non-hydrogen) atoms. The summed E-state index contributed by atoms with van der Waals surface area (Å²) in [5.74, 6) is 0.792. The van der Waals surface area contributed by atoms with Gasteiger partial charge in [-0.15, -0.1) is 5.11 Å². The van der Waals surface area contributed by atoms with Crippen molar-refractivity contribution in [3.63, 3.8) is 0 Å². The molecule has 7 nitrogen and oxygen atoms in total. The Labute approximate surface area is 206 Å². The highest BCUT2D eigenvalue weighted by atomic mass is 19.4. The molecule has 2 N–H and O–H groups in total. The maximum absolute atomic E-state index is 12.9. The summed E-state index contributed by atoms with van der Waals surface area (Å²) in [6.07, 6.45) is -2.86. The molecule has 4 rings (SSSR count). The topological polar surface area (TPSA) is 87.5 Å². The van der Waals surface area contributed by atoms with Crippen LogP contribution in [-0.2, 0) is 12.7 Å². The average molecular weight is 494 g/mol. The van der Waals surface area contributed by atoms with Crippen LogP contribution in [0.25, 0.3) is 10.9 Å². The zero-order valence-electron chi connectivity index (χ0n) is 20.1. The van der Waals surface area contributed by atoms with Crippen molar-refractivity contribution in [1.82, 2.24) is 15.0 Å². The van der Waals surface area contributed by atoms with E-state index in [2.05, 4.69) is 49.7 Å². The third kappa shape index (κ3) is 6.53. The molecule has 2 aromatic carbocycles. The molecule has 2 aromatic heterocycles. The highest BCUT2D eigenvalue weighted by molar-refractivity contribution is 5.84. The van der Waals surface area contributed by atoms with E-state index in [9.17, 15) is 13.2 Å². The molecule has 0 fully saturated rings. The smallest absolute Gasteiger partial charge is 0.385 e. The number of hydrogen-bond donors (Lipinski definition) is 2. The highest BCUT2D eigenvalue weighted by Gasteiger charge is 2.30. The molecule has 0 aliphatic rings. The normalized spacial score (nSPS) is 12.0. The number of aryl methyl sites for hydroxylation is 1. The lowest BCUT2D eigenvalue weighted by Gasteiger charge is -2.10. The van der Waals surface area contributed by atoms with Crippen LogP contribution in [0.3, 0.4) is 0 Å². The van der Waals surface area contributed by atoms with E-state index >= 15 is 0 Å². The van der Waals surface area contributed by atoms with Crippen molar-refractivity contribution in [3.8, 4) is 0 Å². The van der Waals surface area contributed by atoms with E-state index in [0.717, 1.165) is 41.0 Å². The molecule has 0 spiro atoms. The lowest BCUT2D eigenvalue weighted by Crippen LogP contribution is -2.07. The average Bonchev–Trinajstić information content (AvgIpc) is 2.83. The number of aromatic nitrogens is 3. The lowest BCUT2D eigenvalue weighted by atomic mass is 10.1. The predicted molar refractivity (Wildman–Crippen MR) is 135 cm³/mol. The summed E-state index contributed by atoms with van der Waals surface area (Å²) >= 11 is 0. The van der Waals surface area contributed by atoms with Crippen molar-refractivity contribution in [1.29, 1.82) is 0 Å². The fourth-order valence-corrected chi connectivity index (χ4v) is 3.45. The minimum Gasteiger partial charge on any atom is -0.385 e. The fraction of sp³-hybridized carbons (Fsp3) is 0.269. The first kappa shape index (κ1) is 25.0. The number of nitrogens with zero attached hydrogens (tertiary/aromatic N) is 5. The third-order valence-corrected chi connectivity index (χ3v) is 5.29. The Morgan fingerprint density at radius 3 is 2.47 bits per heavy atom. The monoisotopic (exact) mass is 493 g/mol. The minimum atomic E-state index is -4.40. The summed E-state index contributed by atoms with van der Waals surface area (Å²) in [4.78, 5) is 13.2.